The third-order valence-electron chi connectivity index (χ3n) is 9.11. The van der Waals surface area contributed by atoms with Gasteiger partial charge in [0.15, 0.2) is 5.78 Å². The number of nitrogens with two attached hydrogens (primary N) is 2. The monoisotopic (exact) mass is 694 g/mol. The molecule has 5 aromatic rings. The summed E-state index contributed by atoms with van der Waals surface area (Å²) in [5.41, 5.74) is 15.1. The number of benzene rings is 2. The first-order valence-electron chi connectivity index (χ1n) is 17.7. The number of aliphatic hydroxyl groups excluding tert-OH is 1. The predicted octanol–water partition coefficient (Wildman–Crippen LogP) is 4.02. The van der Waals surface area contributed by atoms with Crippen LogP contribution in [0, 0.1) is 5.92 Å². The van der Waals surface area contributed by atoms with Crippen molar-refractivity contribution in [1.29, 1.82) is 0 Å². The standard InChI is InChI=1S/C39H50N8O4/c1-25(2)18-33-31-23-47(37(36(31)39(51)46(3)45-33)27-11-9-10-26(19-27)24-48)22-28-20-44-38(30-13-6-5-12-29(28)30)43-17-8-4-7-16-42-21-34(49)32(40)14-15-35(41)50/h5-6,9-13,19-20,23,25,32,42,48H,4,7-8,14-18,21-22,24,40H2,1-3H3,(H2,41,50)(H,43,44)/t32-/m0/s1. The Morgan fingerprint density at radius 1 is 1.00 bits per heavy atom. The molecule has 3 heterocycles. The van der Waals surface area contributed by atoms with Gasteiger partial charge in [0.25, 0.3) is 5.56 Å². The number of nitrogens with one attached hydrogen (secondary N) is 2. The molecule has 5 rings (SSSR count). The normalized spacial score (nSPS) is 12.2. The molecule has 3 aromatic heterocycles. The summed E-state index contributed by atoms with van der Waals surface area (Å²) >= 11 is 0. The van der Waals surface area contributed by atoms with Crippen molar-refractivity contribution in [3.63, 3.8) is 0 Å². The zero-order valence-electron chi connectivity index (χ0n) is 29.8. The lowest BCUT2D eigenvalue weighted by Gasteiger charge is -2.15. The highest BCUT2D eigenvalue weighted by molar-refractivity contribution is 5.98. The second-order valence-corrected chi connectivity index (χ2v) is 13.6. The average Bonchev–Trinajstić information content (AvgIpc) is 3.50. The van der Waals surface area contributed by atoms with Crippen LogP contribution in [0.5, 0.6) is 0 Å². The van der Waals surface area contributed by atoms with Gasteiger partial charge in [0.2, 0.25) is 5.91 Å². The van der Waals surface area contributed by atoms with E-state index < -0.39 is 11.9 Å². The van der Waals surface area contributed by atoms with Gasteiger partial charge in [-0.05, 0) is 66.3 Å². The summed E-state index contributed by atoms with van der Waals surface area (Å²) < 4.78 is 3.56. The van der Waals surface area contributed by atoms with Crippen LogP contribution >= 0.6 is 0 Å². The summed E-state index contributed by atoms with van der Waals surface area (Å²) in [6.07, 6.45) is 7.87. The van der Waals surface area contributed by atoms with Crippen LogP contribution in [0.4, 0.5) is 5.82 Å². The lowest BCUT2D eigenvalue weighted by atomic mass is 10.0. The Morgan fingerprint density at radius 3 is 2.51 bits per heavy atom. The molecule has 0 radical (unpaired) electrons. The minimum atomic E-state index is -0.675. The molecule has 0 bridgehead atoms. The van der Waals surface area contributed by atoms with E-state index in [2.05, 4.69) is 46.3 Å². The molecule has 270 valence electrons. The van der Waals surface area contributed by atoms with Crippen LogP contribution in [0.15, 0.2) is 65.7 Å². The fourth-order valence-corrected chi connectivity index (χ4v) is 6.48. The third kappa shape index (κ3) is 9.26. The van der Waals surface area contributed by atoms with E-state index in [0.717, 1.165) is 82.3 Å². The highest BCUT2D eigenvalue weighted by Gasteiger charge is 2.21. The molecule has 1 amide bonds. The average molecular weight is 695 g/mol. The zero-order valence-corrected chi connectivity index (χ0v) is 29.8. The Hall–Kier alpha value is -4.91. The van der Waals surface area contributed by atoms with Crippen LogP contribution in [0.3, 0.4) is 0 Å². The molecular weight excluding hydrogens is 644 g/mol. The number of ketones is 1. The highest BCUT2D eigenvalue weighted by atomic mass is 16.3. The molecule has 0 fully saturated rings. The number of rotatable bonds is 19. The van der Waals surface area contributed by atoms with Crippen LogP contribution in [-0.4, -0.2) is 61.8 Å². The molecule has 12 heteroatoms. The number of aliphatic hydroxyl groups is 1. The molecule has 7 N–H and O–H groups in total. The maximum absolute atomic E-state index is 13.7. The van der Waals surface area contributed by atoms with Gasteiger partial charge >= 0.3 is 0 Å². The maximum atomic E-state index is 13.7. The van der Waals surface area contributed by atoms with E-state index in [1.807, 2.05) is 48.8 Å². The predicted molar refractivity (Wildman–Crippen MR) is 202 cm³/mol. The van der Waals surface area contributed by atoms with Crippen molar-refractivity contribution in [2.24, 2.45) is 24.4 Å². The van der Waals surface area contributed by atoms with Crippen molar-refractivity contribution in [3.8, 4) is 11.3 Å². The second kappa shape index (κ2) is 17.3. The third-order valence-corrected chi connectivity index (χ3v) is 9.11. The molecule has 2 aromatic carbocycles. The molecule has 0 aliphatic carbocycles. The van der Waals surface area contributed by atoms with Gasteiger partial charge < -0.3 is 31.8 Å². The number of hydrogen-bond donors (Lipinski definition) is 5. The smallest absolute Gasteiger partial charge is 0.276 e. The summed E-state index contributed by atoms with van der Waals surface area (Å²) in [6, 6.07) is 15.2. The lowest BCUT2D eigenvalue weighted by molar-refractivity contribution is -0.120. The molecular formula is C39H50N8O4. The summed E-state index contributed by atoms with van der Waals surface area (Å²) in [7, 11) is 1.70. The minimum Gasteiger partial charge on any atom is -0.392 e. The number of anilines is 1. The number of fused-ring (bicyclic) bond motifs is 2. The largest absolute Gasteiger partial charge is 0.392 e. The summed E-state index contributed by atoms with van der Waals surface area (Å²) in [6.45, 7) is 6.31. The zero-order chi connectivity index (χ0) is 36.5. The molecule has 51 heavy (non-hydrogen) atoms. The van der Waals surface area contributed by atoms with Crippen LogP contribution in [-0.2, 0) is 36.2 Å². The summed E-state index contributed by atoms with van der Waals surface area (Å²) in [5.74, 6) is 0.597. The van der Waals surface area contributed by atoms with E-state index in [4.69, 9.17) is 16.5 Å². The minimum absolute atomic E-state index is 0.0957. The van der Waals surface area contributed by atoms with Crippen LogP contribution in [0.2, 0.25) is 0 Å². The van der Waals surface area contributed by atoms with Gasteiger partial charge in [0, 0.05) is 49.7 Å². The van der Waals surface area contributed by atoms with E-state index in [0.29, 0.717) is 24.4 Å². The number of primary amides is 1. The molecule has 0 spiro atoms. The van der Waals surface area contributed by atoms with Crippen LogP contribution in [0.1, 0.15) is 62.8 Å². The van der Waals surface area contributed by atoms with E-state index in [1.165, 1.54) is 4.68 Å². The first-order chi connectivity index (χ1) is 24.6. The van der Waals surface area contributed by atoms with E-state index in [1.54, 1.807) is 7.05 Å². The number of aryl methyl sites for hydroxylation is 1. The van der Waals surface area contributed by atoms with Crippen molar-refractivity contribution < 1.29 is 14.7 Å². The second-order valence-electron chi connectivity index (χ2n) is 13.6. The van der Waals surface area contributed by atoms with E-state index >= 15 is 0 Å². The van der Waals surface area contributed by atoms with Crippen molar-refractivity contribution in [1.82, 2.24) is 24.6 Å². The van der Waals surface area contributed by atoms with E-state index in [9.17, 15) is 19.5 Å². The number of amides is 1. The Balaban J connectivity index is 1.32. The fraction of sp³-hybridized carbons (Fsp3) is 0.410. The van der Waals surface area contributed by atoms with Crippen molar-refractivity contribution >= 4 is 39.1 Å². The topological polar surface area (TPSA) is 183 Å². The molecule has 12 nitrogen and oxygen atoms in total. The number of unbranched alkanes of at least 4 members (excludes halogenated alkanes) is 2. The van der Waals surface area contributed by atoms with Gasteiger partial charge in [-0.3, -0.25) is 14.4 Å². The number of Topliss-reactive ketones (excluding diaryl/α,β-unsaturated/α-hetero) is 1. The van der Waals surface area contributed by atoms with Gasteiger partial charge in [0.05, 0.1) is 36.0 Å². The number of nitrogens with zero attached hydrogens (tertiary/aromatic N) is 4. The van der Waals surface area contributed by atoms with Crippen LogP contribution < -0.4 is 27.7 Å². The Morgan fingerprint density at radius 2 is 1.76 bits per heavy atom. The van der Waals surface area contributed by atoms with Gasteiger partial charge in [-0.25, -0.2) is 9.67 Å². The number of pyridine rings is 1. The van der Waals surface area contributed by atoms with Gasteiger partial charge in [-0.2, -0.15) is 5.10 Å². The first-order valence-corrected chi connectivity index (χ1v) is 17.7. The highest BCUT2D eigenvalue weighted by Crippen LogP contribution is 2.33. The molecule has 1 atom stereocenters. The van der Waals surface area contributed by atoms with Gasteiger partial charge in [0.1, 0.15) is 5.82 Å². The number of carbonyl (C=O) groups is 2. The molecule has 0 saturated heterocycles. The number of carbonyl (C=O) groups excluding carboxylic acids is 2. The Bertz CT molecular complexity index is 2050. The lowest BCUT2D eigenvalue weighted by Crippen LogP contribution is -2.38. The Labute approximate surface area is 298 Å². The fourth-order valence-electron chi connectivity index (χ4n) is 6.48. The molecule has 0 unspecified atom stereocenters. The van der Waals surface area contributed by atoms with Gasteiger partial charge in [-0.1, -0.05) is 62.7 Å². The molecule has 0 saturated carbocycles. The van der Waals surface area contributed by atoms with Crippen LogP contribution in [0.25, 0.3) is 32.8 Å². The number of aromatic nitrogens is 4. The van der Waals surface area contributed by atoms with Crippen molar-refractivity contribution in [2.75, 3.05) is 25.0 Å². The maximum Gasteiger partial charge on any atom is 0.276 e. The van der Waals surface area contributed by atoms with Crippen molar-refractivity contribution in [2.45, 2.75) is 71.6 Å². The van der Waals surface area contributed by atoms with E-state index in [-0.39, 0.29) is 37.3 Å². The Kier molecular flexibility index (Phi) is 12.7. The molecule has 0 aliphatic heterocycles. The molecule has 0 aliphatic rings. The summed E-state index contributed by atoms with van der Waals surface area (Å²) in [4.78, 5) is 41.6. The first kappa shape index (κ1) is 37.3. The summed E-state index contributed by atoms with van der Waals surface area (Å²) in [5, 5.41) is 24.8. The quantitative estimate of drug-likeness (QED) is 0.0797. The van der Waals surface area contributed by atoms with Crippen molar-refractivity contribution in [3.05, 3.63) is 88.1 Å². The SMILES string of the molecule is CC(C)Cc1nn(C)c(=O)c2c(-c3cccc(CO)c3)n(Cc3cnc(NCCCCCNCC(=O)[C@@H](N)CCC(N)=O)c4ccccc34)cc12. The number of hydrogen-bond acceptors (Lipinski definition) is 9. The van der Waals surface area contributed by atoms with Gasteiger partial charge in [-0.15, -0.1) is 0 Å².